The van der Waals surface area contributed by atoms with Crippen molar-refractivity contribution in [2.24, 2.45) is 0 Å². The second kappa shape index (κ2) is 7.53. The highest BCUT2D eigenvalue weighted by Crippen LogP contribution is 2.24. The molecule has 0 bridgehead atoms. The highest BCUT2D eigenvalue weighted by atomic mass is 35.5. The van der Waals surface area contributed by atoms with E-state index in [0.717, 1.165) is 17.3 Å². The first-order chi connectivity index (χ1) is 9.29. The third-order valence-corrected chi connectivity index (χ3v) is 4.01. The van der Waals surface area contributed by atoms with E-state index in [1.54, 1.807) is 18.0 Å². The second-order valence-corrected chi connectivity index (χ2v) is 5.62. The number of hydrogen-bond donors (Lipinski definition) is 1. The summed E-state index contributed by atoms with van der Waals surface area (Å²) >= 11 is 7.58. The molecule has 0 saturated carbocycles. The Kier molecular flexibility index (Phi) is 5.70. The molecule has 0 fully saturated rings. The van der Waals surface area contributed by atoms with Gasteiger partial charge in [0.15, 0.2) is 0 Å². The highest BCUT2D eigenvalue weighted by Gasteiger charge is 2.10. The van der Waals surface area contributed by atoms with Crippen molar-refractivity contribution in [2.75, 3.05) is 12.3 Å². The molecule has 1 atom stereocenters. The molecule has 1 N–H and O–H groups in total. The molecule has 0 aliphatic carbocycles. The standard InChI is InChI=1S/C15H17ClN2S/c1-2-17-14(12-6-4-3-5-7-12)11-19-15-9-8-13(16)10-18-15/h3-10,14,17H,2,11H2,1H3. The van der Waals surface area contributed by atoms with Crippen molar-refractivity contribution in [2.45, 2.75) is 18.0 Å². The maximum atomic E-state index is 5.84. The number of nitrogens with zero attached hydrogens (tertiary/aromatic N) is 1. The smallest absolute Gasteiger partial charge is 0.0961 e. The molecule has 1 unspecified atom stereocenters. The average molecular weight is 293 g/mol. The molecular formula is C15H17ClN2S. The summed E-state index contributed by atoms with van der Waals surface area (Å²) in [5, 5.41) is 5.19. The van der Waals surface area contributed by atoms with Gasteiger partial charge in [-0.05, 0) is 24.2 Å². The number of nitrogens with one attached hydrogen (secondary N) is 1. The fourth-order valence-electron chi connectivity index (χ4n) is 1.82. The molecule has 2 aromatic rings. The zero-order valence-corrected chi connectivity index (χ0v) is 12.4. The van der Waals surface area contributed by atoms with Crippen molar-refractivity contribution < 1.29 is 0 Å². The number of halogens is 1. The Balaban J connectivity index is 1.99. The molecule has 0 aliphatic heterocycles. The van der Waals surface area contributed by atoms with Crippen LogP contribution in [0.5, 0.6) is 0 Å². The third-order valence-electron chi connectivity index (χ3n) is 2.75. The van der Waals surface area contributed by atoms with Gasteiger partial charge in [0.25, 0.3) is 0 Å². The topological polar surface area (TPSA) is 24.9 Å². The SMILES string of the molecule is CCNC(CSc1ccc(Cl)cn1)c1ccccc1. The van der Waals surface area contributed by atoms with Crippen LogP contribution in [0.2, 0.25) is 5.02 Å². The molecule has 4 heteroatoms. The quantitative estimate of drug-likeness (QED) is 0.809. The van der Waals surface area contributed by atoms with Gasteiger partial charge >= 0.3 is 0 Å². The molecule has 0 radical (unpaired) electrons. The lowest BCUT2D eigenvalue weighted by Crippen LogP contribution is -2.22. The molecule has 0 amide bonds. The lowest BCUT2D eigenvalue weighted by molar-refractivity contribution is 0.606. The lowest BCUT2D eigenvalue weighted by Gasteiger charge is -2.17. The fraction of sp³-hybridized carbons (Fsp3) is 0.267. The Morgan fingerprint density at radius 2 is 2.00 bits per heavy atom. The first-order valence-electron chi connectivity index (χ1n) is 6.32. The van der Waals surface area contributed by atoms with E-state index in [4.69, 9.17) is 11.6 Å². The van der Waals surface area contributed by atoms with Crippen LogP contribution < -0.4 is 5.32 Å². The Bertz CT molecular complexity index is 487. The van der Waals surface area contributed by atoms with Crippen LogP contribution in [-0.2, 0) is 0 Å². The molecule has 1 aromatic carbocycles. The van der Waals surface area contributed by atoms with Crippen LogP contribution in [-0.4, -0.2) is 17.3 Å². The second-order valence-electron chi connectivity index (χ2n) is 4.15. The van der Waals surface area contributed by atoms with Crippen LogP contribution in [0.3, 0.4) is 0 Å². The summed E-state index contributed by atoms with van der Waals surface area (Å²) in [5.74, 6) is 0.951. The van der Waals surface area contributed by atoms with Crippen molar-refractivity contribution in [1.29, 1.82) is 0 Å². The monoisotopic (exact) mass is 292 g/mol. The van der Waals surface area contributed by atoms with Crippen LogP contribution in [0.1, 0.15) is 18.5 Å². The maximum Gasteiger partial charge on any atom is 0.0961 e. The van der Waals surface area contributed by atoms with Gasteiger partial charge < -0.3 is 5.32 Å². The van der Waals surface area contributed by atoms with Gasteiger partial charge in [-0.2, -0.15) is 0 Å². The van der Waals surface area contributed by atoms with Gasteiger partial charge in [0.1, 0.15) is 0 Å². The van der Waals surface area contributed by atoms with E-state index in [0.29, 0.717) is 11.1 Å². The fourth-order valence-corrected chi connectivity index (χ4v) is 2.87. The molecular weight excluding hydrogens is 276 g/mol. The maximum absolute atomic E-state index is 5.84. The molecule has 1 aromatic heterocycles. The summed E-state index contributed by atoms with van der Waals surface area (Å²) in [5.41, 5.74) is 1.31. The zero-order valence-electron chi connectivity index (χ0n) is 10.8. The molecule has 1 heterocycles. The minimum Gasteiger partial charge on any atom is -0.309 e. The van der Waals surface area contributed by atoms with Gasteiger partial charge in [-0.25, -0.2) is 4.98 Å². The van der Waals surface area contributed by atoms with E-state index in [1.807, 2.05) is 18.2 Å². The van der Waals surface area contributed by atoms with Gasteiger partial charge in [0.2, 0.25) is 0 Å². The van der Waals surface area contributed by atoms with Crippen molar-refractivity contribution in [3.8, 4) is 0 Å². The summed E-state index contributed by atoms with van der Waals surface area (Å²) in [6, 6.07) is 14.7. The summed E-state index contributed by atoms with van der Waals surface area (Å²) in [4.78, 5) is 4.31. The van der Waals surface area contributed by atoms with Gasteiger partial charge in [0.05, 0.1) is 10.0 Å². The Morgan fingerprint density at radius 3 is 2.63 bits per heavy atom. The Hall–Kier alpha value is -1.03. The number of pyridine rings is 1. The van der Waals surface area contributed by atoms with Crippen LogP contribution >= 0.6 is 23.4 Å². The number of rotatable bonds is 6. The van der Waals surface area contributed by atoms with E-state index < -0.39 is 0 Å². The molecule has 2 rings (SSSR count). The van der Waals surface area contributed by atoms with E-state index >= 15 is 0 Å². The molecule has 2 nitrogen and oxygen atoms in total. The summed E-state index contributed by atoms with van der Waals surface area (Å²) in [6.07, 6.45) is 1.69. The molecule has 100 valence electrons. The molecule has 19 heavy (non-hydrogen) atoms. The predicted octanol–water partition coefficient (Wildman–Crippen LogP) is 4.18. The molecule has 0 aliphatic rings. The number of thioether (sulfide) groups is 1. The van der Waals surface area contributed by atoms with Gasteiger partial charge in [0, 0.05) is 18.0 Å². The summed E-state index contributed by atoms with van der Waals surface area (Å²) < 4.78 is 0. The van der Waals surface area contributed by atoms with Crippen LogP contribution in [0.4, 0.5) is 0 Å². The Morgan fingerprint density at radius 1 is 1.21 bits per heavy atom. The van der Waals surface area contributed by atoms with Crippen molar-refractivity contribution in [3.63, 3.8) is 0 Å². The first kappa shape index (κ1) is 14.4. The predicted molar refractivity (Wildman–Crippen MR) is 82.8 cm³/mol. The van der Waals surface area contributed by atoms with E-state index in [9.17, 15) is 0 Å². The molecule has 0 spiro atoms. The van der Waals surface area contributed by atoms with E-state index in [1.165, 1.54) is 5.56 Å². The molecule has 0 saturated heterocycles. The van der Waals surface area contributed by atoms with Crippen molar-refractivity contribution in [1.82, 2.24) is 10.3 Å². The largest absolute Gasteiger partial charge is 0.309 e. The Labute approximate surface area is 123 Å². The van der Waals surface area contributed by atoms with Crippen molar-refractivity contribution in [3.05, 3.63) is 59.2 Å². The van der Waals surface area contributed by atoms with E-state index in [2.05, 4.69) is 41.5 Å². The number of hydrogen-bond acceptors (Lipinski definition) is 3. The zero-order chi connectivity index (χ0) is 13.5. The minimum atomic E-state index is 0.341. The third kappa shape index (κ3) is 4.53. The lowest BCUT2D eigenvalue weighted by atomic mass is 10.1. The average Bonchev–Trinajstić information content (AvgIpc) is 2.46. The minimum absolute atomic E-state index is 0.341. The highest BCUT2D eigenvalue weighted by molar-refractivity contribution is 7.99. The van der Waals surface area contributed by atoms with Gasteiger partial charge in [-0.15, -0.1) is 11.8 Å². The summed E-state index contributed by atoms with van der Waals surface area (Å²) in [6.45, 7) is 3.08. The first-order valence-corrected chi connectivity index (χ1v) is 7.68. The van der Waals surface area contributed by atoms with Gasteiger partial charge in [-0.1, -0.05) is 48.9 Å². The normalized spacial score (nSPS) is 12.3. The van der Waals surface area contributed by atoms with Crippen LogP contribution in [0.15, 0.2) is 53.7 Å². The number of benzene rings is 1. The van der Waals surface area contributed by atoms with Crippen molar-refractivity contribution >= 4 is 23.4 Å². The number of aromatic nitrogens is 1. The van der Waals surface area contributed by atoms with Crippen LogP contribution in [0, 0.1) is 0 Å². The van der Waals surface area contributed by atoms with E-state index in [-0.39, 0.29) is 0 Å². The summed E-state index contributed by atoms with van der Waals surface area (Å²) in [7, 11) is 0. The van der Waals surface area contributed by atoms with Gasteiger partial charge in [-0.3, -0.25) is 0 Å². The van der Waals surface area contributed by atoms with Crippen LogP contribution in [0.25, 0.3) is 0 Å².